The molecular weight excluding hydrogens is 342 g/mol. The van der Waals surface area contributed by atoms with Crippen LogP contribution < -0.4 is 4.74 Å². The first-order valence-corrected chi connectivity index (χ1v) is 9.76. The van der Waals surface area contributed by atoms with Gasteiger partial charge in [-0.25, -0.2) is 14.8 Å². The SMILES string of the molecule is CC(C)(C)OC(=O)N1CCCC[C@H]1CCCOc1cnc2ccccc2n1. The largest absolute Gasteiger partial charge is 0.477 e. The summed E-state index contributed by atoms with van der Waals surface area (Å²) in [4.78, 5) is 23.2. The van der Waals surface area contributed by atoms with Crippen LogP contribution >= 0.6 is 0 Å². The first-order chi connectivity index (χ1) is 12.9. The molecule has 1 aromatic carbocycles. The number of carbonyl (C=O) groups excluding carboxylic acids is 1. The molecule has 1 aliphatic heterocycles. The van der Waals surface area contributed by atoms with E-state index in [0.29, 0.717) is 12.5 Å². The van der Waals surface area contributed by atoms with Gasteiger partial charge in [0.25, 0.3) is 0 Å². The van der Waals surface area contributed by atoms with Crippen LogP contribution in [-0.4, -0.2) is 45.8 Å². The second-order valence-corrected chi connectivity index (χ2v) is 8.01. The van der Waals surface area contributed by atoms with E-state index >= 15 is 0 Å². The Balaban J connectivity index is 1.49. The molecule has 2 aromatic rings. The van der Waals surface area contributed by atoms with E-state index in [-0.39, 0.29) is 12.1 Å². The molecular formula is C21H29N3O3. The van der Waals surface area contributed by atoms with E-state index < -0.39 is 5.60 Å². The minimum atomic E-state index is -0.461. The predicted octanol–water partition coefficient (Wildman–Crippen LogP) is 4.58. The van der Waals surface area contributed by atoms with Crippen molar-refractivity contribution in [3.63, 3.8) is 0 Å². The van der Waals surface area contributed by atoms with E-state index in [1.165, 1.54) is 0 Å². The van der Waals surface area contributed by atoms with Crippen molar-refractivity contribution in [1.82, 2.24) is 14.9 Å². The van der Waals surface area contributed by atoms with E-state index in [0.717, 1.165) is 49.7 Å². The molecule has 3 rings (SSSR count). The number of amides is 1. The molecule has 0 bridgehead atoms. The van der Waals surface area contributed by atoms with Gasteiger partial charge in [-0.3, -0.25) is 0 Å². The highest BCUT2D eigenvalue weighted by Gasteiger charge is 2.30. The summed E-state index contributed by atoms with van der Waals surface area (Å²) in [5.74, 6) is 0.543. The summed E-state index contributed by atoms with van der Waals surface area (Å²) in [6.45, 7) is 7.05. The van der Waals surface area contributed by atoms with Crippen LogP contribution in [0.25, 0.3) is 11.0 Å². The Morgan fingerprint density at radius 3 is 2.78 bits per heavy atom. The molecule has 1 fully saturated rings. The van der Waals surface area contributed by atoms with Crippen LogP contribution in [0.2, 0.25) is 0 Å². The third-order valence-corrected chi connectivity index (χ3v) is 4.61. The molecule has 0 N–H and O–H groups in total. The van der Waals surface area contributed by atoms with Crippen molar-refractivity contribution >= 4 is 17.1 Å². The predicted molar refractivity (Wildman–Crippen MR) is 105 cm³/mol. The van der Waals surface area contributed by atoms with Crippen LogP contribution in [0, 0.1) is 0 Å². The normalized spacial score (nSPS) is 17.7. The lowest BCUT2D eigenvalue weighted by molar-refractivity contribution is 0.00822. The quantitative estimate of drug-likeness (QED) is 0.720. The highest BCUT2D eigenvalue weighted by Crippen LogP contribution is 2.23. The number of piperidine rings is 1. The van der Waals surface area contributed by atoms with E-state index in [1.54, 1.807) is 6.20 Å². The fourth-order valence-corrected chi connectivity index (χ4v) is 3.37. The van der Waals surface area contributed by atoms with Gasteiger partial charge in [0.1, 0.15) is 5.60 Å². The zero-order valence-electron chi connectivity index (χ0n) is 16.5. The maximum absolute atomic E-state index is 12.5. The Hall–Kier alpha value is -2.37. The topological polar surface area (TPSA) is 64.5 Å². The van der Waals surface area contributed by atoms with Gasteiger partial charge in [0, 0.05) is 12.6 Å². The zero-order chi connectivity index (χ0) is 19.3. The molecule has 1 aliphatic rings. The number of hydrogen-bond acceptors (Lipinski definition) is 5. The van der Waals surface area contributed by atoms with Crippen molar-refractivity contribution in [2.45, 2.75) is 64.5 Å². The van der Waals surface area contributed by atoms with Gasteiger partial charge in [-0.05, 0) is 65.0 Å². The summed E-state index contributed by atoms with van der Waals surface area (Å²) in [5, 5.41) is 0. The first kappa shape index (κ1) is 19.4. The summed E-state index contributed by atoms with van der Waals surface area (Å²) in [5.41, 5.74) is 1.23. The zero-order valence-corrected chi connectivity index (χ0v) is 16.5. The summed E-state index contributed by atoms with van der Waals surface area (Å²) in [6.07, 6.45) is 6.44. The van der Waals surface area contributed by atoms with Gasteiger partial charge >= 0.3 is 6.09 Å². The molecule has 6 nitrogen and oxygen atoms in total. The second kappa shape index (κ2) is 8.55. The van der Waals surface area contributed by atoms with Crippen molar-refractivity contribution < 1.29 is 14.3 Å². The van der Waals surface area contributed by atoms with Crippen LogP contribution in [0.5, 0.6) is 5.88 Å². The van der Waals surface area contributed by atoms with Crippen molar-refractivity contribution in [1.29, 1.82) is 0 Å². The van der Waals surface area contributed by atoms with Crippen molar-refractivity contribution in [3.05, 3.63) is 30.5 Å². The van der Waals surface area contributed by atoms with Crippen LogP contribution in [0.1, 0.15) is 52.9 Å². The average molecular weight is 371 g/mol. The van der Waals surface area contributed by atoms with Gasteiger partial charge in [0.05, 0.1) is 23.8 Å². The molecule has 2 heterocycles. The van der Waals surface area contributed by atoms with E-state index in [2.05, 4.69) is 9.97 Å². The third-order valence-electron chi connectivity index (χ3n) is 4.61. The molecule has 0 spiro atoms. The van der Waals surface area contributed by atoms with Crippen molar-refractivity contribution in [3.8, 4) is 5.88 Å². The molecule has 146 valence electrons. The number of hydrogen-bond donors (Lipinski definition) is 0. The number of likely N-dealkylation sites (tertiary alicyclic amines) is 1. The van der Waals surface area contributed by atoms with Gasteiger partial charge in [-0.15, -0.1) is 0 Å². The number of carbonyl (C=O) groups is 1. The number of benzene rings is 1. The molecule has 6 heteroatoms. The van der Waals surface area contributed by atoms with E-state index in [4.69, 9.17) is 9.47 Å². The molecule has 1 aromatic heterocycles. The maximum Gasteiger partial charge on any atom is 0.410 e. The Bertz CT molecular complexity index is 773. The lowest BCUT2D eigenvalue weighted by atomic mass is 9.98. The minimum Gasteiger partial charge on any atom is -0.477 e. The molecule has 0 saturated carbocycles. The van der Waals surface area contributed by atoms with E-state index in [9.17, 15) is 4.79 Å². The van der Waals surface area contributed by atoms with Gasteiger partial charge < -0.3 is 14.4 Å². The molecule has 0 aliphatic carbocycles. The fraction of sp³-hybridized carbons (Fsp3) is 0.571. The molecule has 0 unspecified atom stereocenters. The van der Waals surface area contributed by atoms with Crippen LogP contribution in [0.3, 0.4) is 0 Å². The number of aromatic nitrogens is 2. The third kappa shape index (κ3) is 5.55. The Morgan fingerprint density at radius 2 is 2.00 bits per heavy atom. The summed E-state index contributed by atoms with van der Waals surface area (Å²) < 4.78 is 11.3. The van der Waals surface area contributed by atoms with Crippen molar-refractivity contribution in [2.75, 3.05) is 13.2 Å². The molecule has 0 radical (unpaired) electrons. The summed E-state index contributed by atoms with van der Waals surface area (Å²) in [6, 6.07) is 7.96. The number of rotatable bonds is 5. The molecule has 1 amide bonds. The Morgan fingerprint density at radius 1 is 1.22 bits per heavy atom. The smallest absolute Gasteiger partial charge is 0.410 e. The lowest BCUT2D eigenvalue weighted by Crippen LogP contribution is -2.46. The number of para-hydroxylation sites is 2. The number of ether oxygens (including phenoxy) is 2. The van der Waals surface area contributed by atoms with Crippen LogP contribution in [-0.2, 0) is 4.74 Å². The molecule has 27 heavy (non-hydrogen) atoms. The van der Waals surface area contributed by atoms with Crippen LogP contribution in [0.4, 0.5) is 4.79 Å². The summed E-state index contributed by atoms with van der Waals surface area (Å²) in [7, 11) is 0. The second-order valence-electron chi connectivity index (χ2n) is 8.01. The Kier molecular flexibility index (Phi) is 6.14. The number of nitrogens with zero attached hydrogens (tertiary/aromatic N) is 3. The number of fused-ring (bicyclic) bond motifs is 1. The van der Waals surface area contributed by atoms with Gasteiger partial charge in [-0.2, -0.15) is 0 Å². The monoisotopic (exact) mass is 371 g/mol. The maximum atomic E-state index is 12.5. The fourth-order valence-electron chi connectivity index (χ4n) is 3.37. The molecule has 1 atom stereocenters. The van der Waals surface area contributed by atoms with E-state index in [1.807, 2.05) is 49.9 Å². The average Bonchev–Trinajstić information content (AvgIpc) is 2.64. The van der Waals surface area contributed by atoms with Gasteiger partial charge in [0.2, 0.25) is 5.88 Å². The van der Waals surface area contributed by atoms with Crippen molar-refractivity contribution in [2.24, 2.45) is 0 Å². The Labute approximate surface area is 160 Å². The highest BCUT2D eigenvalue weighted by molar-refractivity contribution is 5.73. The minimum absolute atomic E-state index is 0.200. The highest BCUT2D eigenvalue weighted by atomic mass is 16.6. The van der Waals surface area contributed by atoms with Gasteiger partial charge in [-0.1, -0.05) is 12.1 Å². The van der Waals surface area contributed by atoms with Gasteiger partial charge in [0.15, 0.2) is 0 Å². The summed E-state index contributed by atoms with van der Waals surface area (Å²) >= 11 is 0. The molecule has 1 saturated heterocycles. The standard InChI is InChI=1S/C21H29N3O3/c1-21(2,3)27-20(25)24-13-7-6-9-16(24)10-8-14-26-19-15-22-17-11-4-5-12-18(17)23-19/h4-5,11-12,15-16H,6-10,13-14H2,1-3H3/t16-/m0/s1. The lowest BCUT2D eigenvalue weighted by Gasteiger charge is -2.36. The van der Waals surface area contributed by atoms with Crippen LogP contribution in [0.15, 0.2) is 30.5 Å². The first-order valence-electron chi connectivity index (χ1n) is 9.76.